The number of aromatic nitrogens is 1. The van der Waals surface area contributed by atoms with Crippen molar-refractivity contribution in [1.82, 2.24) is 4.37 Å². The Hall–Kier alpha value is -1.13. The number of rotatable bonds is 3. The molecule has 19 heavy (non-hydrogen) atoms. The summed E-state index contributed by atoms with van der Waals surface area (Å²) in [6.07, 6.45) is 4.54. The van der Waals surface area contributed by atoms with Gasteiger partial charge < -0.3 is 10.4 Å². The second-order valence-electron chi connectivity index (χ2n) is 5.79. The van der Waals surface area contributed by atoms with Gasteiger partial charge in [-0.15, -0.1) is 0 Å². The molecular weight excluding hydrogens is 256 g/mol. The summed E-state index contributed by atoms with van der Waals surface area (Å²) in [4.78, 5) is 0. The maximum absolute atomic E-state index is 9.85. The Morgan fingerprint density at radius 1 is 1.47 bits per heavy atom. The fourth-order valence-corrected chi connectivity index (χ4v) is 4.06. The zero-order valence-corrected chi connectivity index (χ0v) is 12.0. The second-order valence-corrected chi connectivity index (χ2v) is 6.57. The molecule has 1 aliphatic carbocycles. The normalized spacial score (nSPS) is 27.6. The molecule has 0 spiro atoms. The minimum absolute atomic E-state index is 0.160. The Morgan fingerprint density at radius 3 is 3.11 bits per heavy atom. The lowest BCUT2D eigenvalue weighted by molar-refractivity contribution is 0.150. The van der Waals surface area contributed by atoms with Crippen LogP contribution in [0.1, 0.15) is 32.6 Å². The molecule has 2 unspecified atom stereocenters. The van der Waals surface area contributed by atoms with Gasteiger partial charge in [-0.05, 0) is 42.4 Å². The number of benzene rings is 1. The third-order valence-corrected chi connectivity index (χ3v) is 4.95. The van der Waals surface area contributed by atoms with Crippen molar-refractivity contribution in [1.29, 1.82) is 0 Å². The molecule has 1 fully saturated rings. The van der Waals surface area contributed by atoms with Crippen molar-refractivity contribution >= 4 is 27.4 Å². The molecule has 0 saturated heterocycles. The van der Waals surface area contributed by atoms with Crippen molar-refractivity contribution in [2.75, 3.05) is 11.9 Å². The second kappa shape index (κ2) is 5.10. The predicted octanol–water partition coefficient (Wildman–Crippen LogP) is 3.65. The summed E-state index contributed by atoms with van der Waals surface area (Å²) in [6, 6.07) is 8.18. The molecule has 2 N–H and O–H groups in total. The standard InChI is InChI=1S/C15H20N2OS/c1-11-5-4-8-15(9-11,10-18)16-14-12-6-2-3-7-13(12)17-19-14/h2-3,6-7,11,16,18H,4-5,8-10H2,1H3. The number of nitrogens with one attached hydrogen (secondary N) is 1. The van der Waals surface area contributed by atoms with Crippen LogP contribution in [0.2, 0.25) is 0 Å². The topological polar surface area (TPSA) is 45.1 Å². The molecule has 1 saturated carbocycles. The molecule has 0 radical (unpaired) electrons. The van der Waals surface area contributed by atoms with E-state index in [4.69, 9.17) is 0 Å². The summed E-state index contributed by atoms with van der Waals surface area (Å²) >= 11 is 1.50. The lowest BCUT2D eigenvalue weighted by atomic mass is 9.77. The summed E-state index contributed by atoms with van der Waals surface area (Å²) in [6.45, 7) is 2.47. The summed E-state index contributed by atoms with van der Waals surface area (Å²) in [5.41, 5.74) is 0.874. The molecule has 102 valence electrons. The van der Waals surface area contributed by atoms with E-state index in [9.17, 15) is 5.11 Å². The first-order valence-corrected chi connectivity index (χ1v) is 7.73. The van der Waals surface area contributed by atoms with Gasteiger partial charge in [-0.2, -0.15) is 4.37 Å². The smallest absolute Gasteiger partial charge is 0.117 e. The van der Waals surface area contributed by atoms with E-state index in [1.165, 1.54) is 29.8 Å². The van der Waals surface area contributed by atoms with E-state index in [1.54, 1.807) is 0 Å². The number of aliphatic hydroxyl groups is 1. The number of fused-ring (bicyclic) bond motifs is 1. The van der Waals surface area contributed by atoms with Crippen LogP contribution >= 0.6 is 11.5 Å². The lowest BCUT2D eigenvalue weighted by Gasteiger charge is -2.39. The molecule has 1 aromatic carbocycles. The molecule has 0 aliphatic heterocycles. The first kappa shape index (κ1) is 12.9. The average Bonchev–Trinajstić information content (AvgIpc) is 2.82. The summed E-state index contributed by atoms with van der Waals surface area (Å²) in [7, 11) is 0. The third-order valence-electron chi connectivity index (χ3n) is 4.16. The van der Waals surface area contributed by atoms with E-state index >= 15 is 0 Å². The molecule has 1 aliphatic rings. The Kier molecular flexibility index (Phi) is 3.46. The quantitative estimate of drug-likeness (QED) is 0.899. The first-order chi connectivity index (χ1) is 9.22. The number of hydrogen-bond donors (Lipinski definition) is 2. The van der Waals surface area contributed by atoms with E-state index in [2.05, 4.69) is 22.7 Å². The van der Waals surface area contributed by atoms with E-state index in [0.717, 1.165) is 23.4 Å². The molecular formula is C15H20N2OS. The van der Waals surface area contributed by atoms with E-state index in [1.807, 2.05) is 18.2 Å². The van der Waals surface area contributed by atoms with Crippen LogP contribution in [0.4, 0.5) is 5.00 Å². The van der Waals surface area contributed by atoms with Crippen LogP contribution < -0.4 is 5.32 Å². The fraction of sp³-hybridized carbons (Fsp3) is 0.533. The largest absolute Gasteiger partial charge is 0.394 e. The van der Waals surface area contributed by atoms with Gasteiger partial charge in [-0.25, -0.2) is 0 Å². The first-order valence-electron chi connectivity index (χ1n) is 6.96. The molecule has 3 nitrogen and oxygen atoms in total. The summed E-state index contributed by atoms with van der Waals surface area (Å²) in [5.74, 6) is 0.674. The number of hydrogen-bond acceptors (Lipinski definition) is 4. The summed E-state index contributed by atoms with van der Waals surface area (Å²) < 4.78 is 4.47. The molecule has 0 amide bonds. The van der Waals surface area contributed by atoms with E-state index in [-0.39, 0.29) is 12.1 Å². The van der Waals surface area contributed by atoms with Crippen LogP contribution in [0.3, 0.4) is 0 Å². The highest BCUT2D eigenvalue weighted by Gasteiger charge is 2.35. The van der Waals surface area contributed by atoms with E-state index in [0.29, 0.717) is 5.92 Å². The van der Waals surface area contributed by atoms with Crippen molar-refractivity contribution in [2.45, 2.75) is 38.1 Å². The average molecular weight is 276 g/mol. The maximum Gasteiger partial charge on any atom is 0.117 e. The van der Waals surface area contributed by atoms with Gasteiger partial charge >= 0.3 is 0 Å². The van der Waals surface area contributed by atoms with Gasteiger partial charge in [0.05, 0.1) is 17.7 Å². The van der Waals surface area contributed by atoms with Crippen molar-refractivity contribution in [2.24, 2.45) is 5.92 Å². The van der Waals surface area contributed by atoms with Crippen LogP contribution in [0, 0.1) is 5.92 Å². The molecule has 4 heteroatoms. The van der Waals surface area contributed by atoms with Crippen LogP contribution in [-0.2, 0) is 0 Å². The molecule has 1 aromatic heterocycles. The Bertz CT molecular complexity index is 568. The van der Waals surface area contributed by atoms with Crippen molar-refractivity contribution < 1.29 is 5.11 Å². The molecule has 2 atom stereocenters. The minimum Gasteiger partial charge on any atom is -0.394 e. The Morgan fingerprint density at radius 2 is 2.32 bits per heavy atom. The van der Waals surface area contributed by atoms with Gasteiger partial charge in [0.2, 0.25) is 0 Å². The Labute approximate surface area is 117 Å². The lowest BCUT2D eigenvalue weighted by Crippen LogP contribution is -2.45. The zero-order chi connectivity index (χ0) is 13.3. The predicted molar refractivity (Wildman–Crippen MR) is 80.7 cm³/mol. The Balaban J connectivity index is 1.90. The number of aliphatic hydroxyl groups excluding tert-OH is 1. The monoisotopic (exact) mass is 276 g/mol. The third kappa shape index (κ3) is 2.47. The van der Waals surface area contributed by atoms with Crippen LogP contribution in [0.25, 0.3) is 10.9 Å². The van der Waals surface area contributed by atoms with Crippen molar-refractivity contribution in [3.8, 4) is 0 Å². The highest BCUT2D eigenvalue weighted by atomic mass is 32.1. The zero-order valence-electron chi connectivity index (χ0n) is 11.2. The van der Waals surface area contributed by atoms with Gasteiger partial charge in [0, 0.05) is 5.39 Å². The molecule has 1 heterocycles. The van der Waals surface area contributed by atoms with Gasteiger partial charge in [0.15, 0.2) is 0 Å². The molecule has 3 rings (SSSR count). The highest BCUT2D eigenvalue weighted by molar-refractivity contribution is 7.11. The van der Waals surface area contributed by atoms with Gasteiger partial charge in [-0.1, -0.05) is 31.9 Å². The maximum atomic E-state index is 9.85. The van der Waals surface area contributed by atoms with Crippen molar-refractivity contribution in [3.05, 3.63) is 24.3 Å². The number of anilines is 1. The minimum atomic E-state index is -0.160. The van der Waals surface area contributed by atoms with E-state index < -0.39 is 0 Å². The van der Waals surface area contributed by atoms with Crippen molar-refractivity contribution in [3.63, 3.8) is 0 Å². The SMILES string of the molecule is CC1CCCC(CO)(Nc2snc3ccccc23)C1. The molecule has 0 bridgehead atoms. The summed E-state index contributed by atoms with van der Waals surface area (Å²) in [5, 5.41) is 15.7. The van der Waals surface area contributed by atoms with Crippen LogP contribution in [0.15, 0.2) is 24.3 Å². The van der Waals surface area contributed by atoms with Gasteiger partial charge in [0.25, 0.3) is 0 Å². The molecule has 2 aromatic rings. The highest BCUT2D eigenvalue weighted by Crippen LogP contribution is 2.38. The fourth-order valence-electron chi connectivity index (χ4n) is 3.18. The van der Waals surface area contributed by atoms with Crippen LogP contribution in [0.5, 0.6) is 0 Å². The van der Waals surface area contributed by atoms with Gasteiger partial charge in [0.1, 0.15) is 5.00 Å². The van der Waals surface area contributed by atoms with Crippen LogP contribution in [-0.4, -0.2) is 21.6 Å². The van der Waals surface area contributed by atoms with Gasteiger partial charge in [-0.3, -0.25) is 0 Å². The number of nitrogens with zero attached hydrogens (tertiary/aromatic N) is 1.